The van der Waals surface area contributed by atoms with Gasteiger partial charge in [0.15, 0.2) is 0 Å². The number of aromatic amines is 1. The molecular weight excluding hydrogens is 268 g/mol. The summed E-state index contributed by atoms with van der Waals surface area (Å²) in [6.45, 7) is 6.61. The van der Waals surface area contributed by atoms with E-state index in [2.05, 4.69) is 36.3 Å². The highest BCUT2D eigenvalue weighted by Gasteiger charge is 2.17. The molecule has 2 heterocycles. The Balaban J connectivity index is 1.91. The predicted octanol–water partition coefficient (Wildman–Crippen LogP) is 1.19. The van der Waals surface area contributed by atoms with Crippen LogP contribution in [0.15, 0.2) is 35.3 Å². The van der Waals surface area contributed by atoms with Crippen LogP contribution in [0.5, 0.6) is 0 Å². The zero-order chi connectivity index (χ0) is 15.5. The first-order valence-electron chi connectivity index (χ1n) is 6.83. The summed E-state index contributed by atoms with van der Waals surface area (Å²) < 4.78 is 1.36. The number of nitrogens with zero attached hydrogens (tertiary/aromatic N) is 2. The van der Waals surface area contributed by atoms with Crippen molar-refractivity contribution in [2.24, 2.45) is 0 Å². The summed E-state index contributed by atoms with van der Waals surface area (Å²) >= 11 is 0. The number of carbonyl (C=O) groups is 1. The summed E-state index contributed by atoms with van der Waals surface area (Å²) in [7, 11) is 0. The normalized spacial score (nSPS) is 11.4. The van der Waals surface area contributed by atoms with E-state index < -0.39 is 0 Å². The number of pyridine rings is 1. The highest BCUT2D eigenvalue weighted by atomic mass is 16.2. The minimum atomic E-state index is -0.213. The van der Waals surface area contributed by atoms with E-state index in [1.807, 2.05) is 6.07 Å². The first-order chi connectivity index (χ1) is 9.86. The third kappa shape index (κ3) is 4.05. The van der Waals surface area contributed by atoms with Crippen LogP contribution in [-0.2, 0) is 23.3 Å². The molecule has 2 rings (SSSR count). The zero-order valence-corrected chi connectivity index (χ0v) is 12.5. The van der Waals surface area contributed by atoms with E-state index in [1.165, 1.54) is 10.6 Å². The molecule has 6 nitrogen and oxygen atoms in total. The largest absolute Gasteiger partial charge is 0.349 e. The van der Waals surface area contributed by atoms with Gasteiger partial charge >= 0.3 is 0 Å². The SMILES string of the molecule is CC(C)(C)c1cc(CNC(=O)Cn2ccccc2=O)[nH]n1. The first-order valence-corrected chi connectivity index (χ1v) is 6.83. The molecule has 0 aliphatic rings. The maximum Gasteiger partial charge on any atom is 0.250 e. The van der Waals surface area contributed by atoms with Crippen molar-refractivity contribution in [3.8, 4) is 0 Å². The van der Waals surface area contributed by atoms with Gasteiger partial charge < -0.3 is 9.88 Å². The third-order valence-electron chi connectivity index (χ3n) is 3.09. The lowest BCUT2D eigenvalue weighted by atomic mass is 9.92. The van der Waals surface area contributed by atoms with E-state index in [-0.39, 0.29) is 23.4 Å². The van der Waals surface area contributed by atoms with E-state index in [1.54, 1.807) is 18.3 Å². The van der Waals surface area contributed by atoms with Crippen molar-refractivity contribution in [2.75, 3.05) is 0 Å². The molecule has 0 unspecified atom stereocenters. The van der Waals surface area contributed by atoms with Gasteiger partial charge in [-0.1, -0.05) is 26.8 Å². The van der Waals surface area contributed by atoms with Crippen molar-refractivity contribution in [1.82, 2.24) is 20.1 Å². The Morgan fingerprint density at radius 1 is 1.38 bits per heavy atom. The molecule has 2 aromatic heterocycles. The molecule has 2 N–H and O–H groups in total. The molecule has 0 fully saturated rings. The van der Waals surface area contributed by atoms with Gasteiger partial charge in [0.05, 0.1) is 17.9 Å². The van der Waals surface area contributed by atoms with Crippen LogP contribution in [0, 0.1) is 0 Å². The van der Waals surface area contributed by atoms with E-state index >= 15 is 0 Å². The molecule has 0 aromatic carbocycles. The van der Waals surface area contributed by atoms with Gasteiger partial charge in [0.1, 0.15) is 6.54 Å². The summed E-state index contributed by atoms with van der Waals surface area (Å²) in [6, 6.07) is 6.74. The standard InChI is InChI=1S/C15H20N4O2/c1-15(2,3)12-8-11(17-18-12)9-16-13(20)10-19-7-5-4-6-14(19)21/h4-8H,9-10H2,1-3H3,(H,16,20)(H,17,18). The van der Waals surface area contributed by atoms with Crippen LogP contribution < -0.4 is 10.9 Å². The molecule has 0 aliphatic carbocycles. The Morgan fingerprint density at radius 3 is 2.76 bits per heavy atom. The molecule has 0 atom stereocenters. The Hall–Kier alpha value is -2.37. The topological polar surface area (TPSA) is 79.8 Å². The minimum absolute atomic E-state index is 0.0138. The lowest BCUT2D eigenvalue weighted by molar-refractivity contribution is -0.121. The van der Waals surface area contributed by atoms with Gasteiger partial charge in [-0.15, -0.1) is 0 Å². The lowest BCUT2D eigenvalue weighted by Crippen LogP contribution is -2.31. The lowest BCUT2D eigenvalue weighted by Gasteiger charge is -2.13. The monoisotopic (exact) mass is 288 g/mol. The Labute approximate surface area is 123 Å². The molecule has 1 amide bonds. The van der Waals surface area contributed by atoms with Gasteiger partial charge in [0.2, 0.25) is 5.91 Å². The second kappa shape index (κ2) is 5.95. The molecule has 0 saturated heterocycles. The molecule has 0 radical (unpaired) electrons. The summed E-state index contributed by atoms with van der Waals surface area (Å²) in [4.78, 5) is 23.3. The van der Waals surface area contributed by atoms with Crippen LogP contribution in [-0.4, -0.2) is 20.7 Å². The molecule has 0 bridgehead atoms. The van der Waals surface area contributed by atoms with Crippen LogP contribution in [0.2, 0.25) is 0 Å². The quantitative estimate of drug-likeness (QED) is 0.886. The molecule has 2 aromatic rings. The number of amides is 1. The van der Waals surface area contributed by atoms with Crippen molar-refractivity contribution in [3.05, 3.63) is 52.2 Å². The van der Waals surface area contributed by atoms with Crippen LogP contribution in [0.25, 0.3) is 0 Å². The van der Waals surface area contributed by atoms with Gasteiger partial charge in [-0.2, -0.15) is 5.10 Å². The highest BCUT2D eigenvalue weighted by Crippen LogP contribution is 2.19. The molecular formula is C15H20N4O2. The van der Waals surface area contributed by atoms with Crippen molar-refractivity contribution >= 4 is 5.91 Å². The molecule has 0 aliphatic heterocycles. The number of aromatic nitrogens is 3. The van der Waals surface area contributed by atoms with Crippen LogP contribution in [0.3, 0.4) is 0 Å². The Kier molecular flexibility index (Phi) is 4.26. The fourth-order valence-electron chi connectivity index (χ4n) is 1.83. The van der Waals surface area contributed by atoms with Gasteiger partial charge in [-0.05, 0) is 12.1 Å². The third-order valence-corrected chi connectivity index (χ3v) is 3.09. The predicted molar refractivity (Wildman–Crippen MR) is 79.8 cm³/mol. The number of hydrogen-bond donors (Lipinski definition) is 2. The molecule has 21 heavy (non-hydrogen) atoms. The van der Waals surface area contributed by atoms with E-state index in [0.717, 1.165) is 11.4 Å². The van der Waals surface area contributed by atoms with Gasteiger partial charge in [-0.25, -0.2) is 0 Å². The van der Waals surface area contributed by atoms with Gasteiger partial charge in [0, 0.05) is 17.7 Å². The van der Waals surface area contributed by atoms with Gasteiger partial charge in [0.25, 0.3) is 5.56 Å². The summed E-state index contributed by atoms with van der Waals surface area (Å²) in [5.41, 5.74) is 1.57. The maximum absolute atomic E-state index is 11.8. The zero-order valence-electron chi connectivity index (χ0n) is 12.5. The molecule has 0 saturated carbocycles. The number of carbonyl (C=O) groups excluding carboxylic acids is 1. The van der Waals surface area contributed by atoms with Crippen LogP contribution in [0.1, 0.15) is 32.2 Å². The summed E-state index contributed by atoms with van der Waals surface area (Å²) in [6.07, 6.45) is 1.59. The van der Waals surface area contributed by atoms with E-state index in [9.17, 15) is 9.59 Å². The van der Waals surface area contributed by atoms with Crippen molar-refractivity contribution in [2.45, 2.75) is 39.3 Å². The number of rotatable bonds is 4. The molecule has 112 valence electrons. The number of hydrogen-bond acceptors (Lipinski definition) is 3. The maximum atomic E-state index is 11.8. The van der Waals surface area contributed by atoms with Crippen LogP contribution >= 0.6 is 0 Å². The van der Waals surface area contributed by atoms with Crippen molar-refractivity contribution in [1.29, 1.82) is 0 Å². The van der Waals surface area contributed by atoms with Crippen molar-refractivity contribution in [3.63, 3.8) is 0 Å². The summed E-state index contributed by atoms with van der Waals surface area (Å²) in [5.74, 6) is -0.213. The number of nitrogens with one attached hydrogen (secondary N) is 2. The fraction of sp³-hybridized carbons (Fsp3) is 0.400. The van der Waals surface area contributed by atoms with Gasteiger partial charge in [-0.3, -0.25) is 14.7 Å². The fourth-order valence-corrected chi connectivity index (χ4v) is 1.83. The van der Waals surface area contributed by atoms with E-state index in [0.29, 0.717) is 6.54 Å². The summed E-state index contributed by atoms with van der Waals surface area (Å²) in [5, 5.41) is 9.91. The average Bonchev–Trinajstić information content (AvgIpc) is 2.88. The van der Waals surface area contributed by atoms with Crippen LogP contribution in [0.4, 0.5) is 0 Å². The number of H-pyrrole nitrogens is 1. The molecule has 6 heteroatoms. The second-order valence-electron chi connectivity index (χ2n) is 5.97. The average molecular weight is 288 g/mol. The minimum Gasteiger partial charge on any atom is -0.349 e. The Morgan fingerprint density at radius 2 is 2.14 bits per heavy atom. The Bertz CT molecular complexity index is 679. The van der Waals surface area contributed by atoms with Crippen molar-refractivity contribution < 1.29 is 4.79 Å². The second-order valence-corrected chi connectivity index (χ2v) is 5.97. The van der Waals surface area contributed by atoms with E-state index in [4.69, 9.17) is 0 Å². The first kappa shape index (κ1) is 15.0. The molecule has 0 spiro atoms. The smallest absolute Gasteiger partial charge is 0.250 e. The highest BCUT2D eigenvalue weighted by molar-refractivity contribution is 5.75.